The average molecular weight is 628 g/mol. The number of methoxy groups -OCH3 is 1. The predicted molar refractivity (Wildman–Crippen MR) is 147 cm³/mol. The number of ether oxygens (including phenoxy) is 2. The fourth-order valence-electron chi connectivity index (χ4n) is 5.43. The van der Waals surface area contributed by atoms with Gasteiger partial charge in [0.15, 0.2) is 0 Å². The third-order valence-corrected chi connectivity index (χ3v) is 10.8. The van der Waals surface area contributed by atoms with E-state index in [9.17, 15) is 8.78 Å². The first-order valence-corrected chi connectivity index (χ1v) is 15.6. The number of nitrogens with zero attached hydrogens (tertiary/aromatic N) is 5. The summed E-state index contributed by atoms with van der Waals surface area (Å²) in [4.78, 5) is 16.9. The van der Waals surface area contributed by atoms with Crippen molar-refractivity contribution in [3.63, 3.8) is 0 Å². The quantitative estimate of drug-likeness (QED) is 0.236. The molecule has 0 aromatic carbocycles. The van der Waals surface area contributed by atoms with E-state index in [0.717, 1.165) is 67.8 Å². The topological polar surface area (TPSA) is 93.9 Å². The van der Waals surface area contributed by atoms with Crippen molar-refractivity contribution in [1.82, 2.24) is 24.3 Å². The van der Waals surface area contributed by atoms with Crippen molar-refractivity contribution in [2.75, 3.05) is 31.7 Å². The van der Waals surface area contributed by atoms with Crippen LogP contribution in [0, 0.1) is 5.41 Å². The Balaban J connectivity index is 0.000000983. The van der Waals surface area contributed by atoms with Crippen LogP contribution in [-0.4, -0.2) is 84.9 Å². The molecule has 3 fully saturated rings. The second-order valence-corrected chi connectivity index (χ2v) is 13.7. The molecule has 1 aliphatic carbocycles. The summed E-state index contributed by atoms with van der Waals surface area (Å²) in [6.45, 7) is 8.27. The Hall–Kier alpha value is -1.89. The number of hydrogen-bond acceptors (Lipinski definition) is 9. The molecule has 39 heavy (non-hydrogen) atoms. The first-order chi connectivity index (χ1) is 18.7. The minimum atomic E-state index is -2.58. The van der Waals surface area contributed by atoms with Crippen LogP contribution in [0.3, 0.4) is 0 Å². The van der Waals surface area contributed by atoms with Crippen molar-refractivity contribution in [2.24, 2.45) is 5.41 Å². The molecule has 1 saturated carbocycles. The van der Waals surface area contributed by atoms with Crippen molar-refractivity contribution in [1.29, 1.82) is 0 Å². The Kier molecular flexibility index (Phi) is 8.47. The Bertz CT molecular complexity index is 1310. The number of nitrogens with one attached hydrogen (secondary N) is 1. The molecule has 1 N–H and O–H groups in total. The fourth-order valence-corrected chi connectivity index (χ4v) is 7.79. The van der Waals surface area contributed by atoms with Gasteiger partial charge in [-0.3, -0.25) is 0 Å². The Morgan fingerprint density at radius 1 is 1.28 bits per heavy atom. The van der Waals surface area contributed by atoms with Gasteiger partial charge in [0.25, 0.3) is 0 Å². The zero-order chi connectivity index (χ0) is 27.8. The molecule has 5 heterocycles. The number of carbonyl (C=O) groups is 1. The van der Waals surface area contributed by atoms with Crippen LogP contribution in [0.15, 0.2) is 23.4 Å². The van der Waals surface area contributed by atoms with Crippen LogP contribution in [0.4, 0.5) is 14.5 Å². The van der Waals surface area contributed by atoms with E-state index in [0.29, 0.717) is 10.4 Å². The second-order valence-electron chi connectivity index (χ2n) is 10.7. The Labute approximate surface area is 236 Å². The van der Waals surface area contributed by atoms with Crippen molar-refractivity contribution >= 4 is 43.9 Å². The Morgan fingerprint density at radius 2 is 2.00 bits per heavy atom. The number of rotatable bonds is 7. The molecule has 212 valence electrons. The van der Waals surface area contributed by atoms with Gasteiger partial charge < -0.3 is 4.79 Å². The third kappa shape index (κ3) is 5.80. The van der Waals surface area contributed by atoms with Gasteiger partial charge in [0.2, 0.25) is 0 Å². The molecule has 2 atom stereocenters. The molecular formula is C26H34F2N6O3SSe. The van der Waals surface area contributed by atoms with Crippen molar-refractivity contribution < 1.29 is 23.0 Å². The number of pyridine rings is 1. The van der Waals surface area contributed by atoms with E-state index >= 15 is 0 Å². The van der Waals surface area contributed by atoms with Gasteiger partial charge in [-0.25, -0.2) is 0 Å². The van der Waals surface area contributed by atoms with E-state index in [-0.39, 0.29) is 27.7 Å². The Morgan fingerprint density at radius 3 is 2.62 bits per heavy atom. The van der Waals surface area contributed by atoms with Gasteiger partial charge in [-0.05, 0) is 6.92 Å². The SMILES string of the molecule is CC=O.COC1[C@H](C)OCC12CCN(c1cc(SNC3(C)CC3)cn3c(-c4nnc(C(F)F)[se]4)ncc13)CC2. The number of alkyl halides is 2. The minimum absolute atomic E-state index is 0.0466. The van der Waals surface area contributed by atoms with E-state index in [1.807, 2.05) is 16.8 Å². The molecule has 3 aromatic rings. The van der Waals surface area contributed by atoms with Gasteiger partial charge in [-0.1, -0.05) is 0 Å². The summed E-state index contributed by atoms with van der Waals surface area (Å²) in [7, 11) is 1.78. The number of piperidine rings is 1. The maximum atomic E-state index is 13.2. The molecular weight excluding hydrogens is 593 g/mol. The molecule has 1 unspecified atom stereocenters. The number of fused-ring (bicyclic) bond motifs is 1. The van der Waals surface area contributed by atoms with Crippen LogP contribution in [0.5, 0.6) is 0 Å². The zero-order valence-electron chi connectivity index (χ0n) is 22.5. The van der Waals surface area contributed by atoms with E-state index in [4.69, 9.17) is 14.3 Å². The number of hydrogen-bond donors (Lipinski definition) is 1. The number of aldehydes is 1. The second kappa shape index (κ2) is 11.5. The summed E-state index contributed by atoms with van der Waals surface area (Å²) in [5.74, 6) is 0.594. The van der Waals surface area contributed by atoms with Crippen molar-refractivity contribution in [3.05, 3.63) is 23.0 Å². The normalized spacial score (nSPS) is 23.3. The molecule has 9 nitrogen and oxygen atoms in total. The standard InChI is InChI=1S/C24H30F2N6O2SSe.C2H4O/c1-14-18(33-3)24(13-34-14)6-8-31(9-7-24)16-10-15(35-30-23(2)4-5-23)12-32-17(16)11-27-20(32)22-29-28-21(36-22)19(25)26;1-2-3/h10-12,14,18-19,30H,4-9,13H2,1-3H3;2H,1H3/t14-,18?;/m0./s1. The first-order valence-electron chi connectivity index (χ1n) is 13.1. The van der Waals surface area contributed by atoms with Gasteiger partial charge in [-0.2, -0.15) is 0 Å². The summed E-state index contributed by atoms with van der Waals surface area (Å²) >= 11 is 0.983. The van der Waals surface area contributed by atoms with E-state index < -0.39 is 20.9 Å². The third-order valence-electron chi connectivity index (χ3n) is 7.85. The zero-order valence-corrected chi connectivity index (χ0v) is 25.1. The van der Waals surface area contributed by atoms with Gasteiger partial charge in [0.1, 0.15) is 6.29 Å². The molecule has 3 aliphatic rings. The number of carbonyl (C=O) groups excluding carboxylic acids is 1. The molecule has 6 rings (SSSR count). The summed E-state index contributed by atoms with van der Waals surface area (Å²) in [6, 6.07) is 2.21. The summed E-state index contributed by atoms with van der Waals surface area (Å²) in [6.07, 6.45) is 6.53. The maximum absolute atomic E-state index is 13.2. The molecule has 13 heteroatoms. The van der Waals surface area contributed by atoms with Crippen molar-refractivity contribution in [2.45, 2.75) is 75.5 Å². The molecule has 2 aliphatic heterocycles. The molecule has 3 aromatic heterocycles. The molecule has 1 spiro atoms. The van der Waals surface area contributed by atoms with E-state index in [1.165, 1.54) is 6.92 Å². The summed E-state index contributed by atoms with van der Waals surface area (Å²) in [5.41, 5.74) is 2.26. The summed E-state index contributed by atoms with van der Waals surface area (Å²) < 4.78 is 44.2. The van der Waals surface area contributed by atoms with Gasteiger partial charge in [0, 0.05) is 0 Å². The molecule has 0 amide bonds. The van der Waals surface area contributed by atoms with Gasteiger partial charge in [0.05, 0.1) is 0 Å². The van der Waals surface area contributed by atoms with Crippen LogP contribution >= 0.6 is 11.9 Å². The molecule has 0 bridgehead atoms. The number of imidazole rings is 1. The fraction of sp³-hybridized carbons (Fsp3) is 0.615. The molecule has 0 radical (unpaired) electrons. The van der Waals surface area contributed by atoms with Gasteiger partial charge in [-0.15, -0.1) is 0 Å². The monoisotopic (exact) mass is 628 g/mol. The number of anilines is 1. The van der Waals surface area contributed by atoms with Crippen molar-refractivity contribution in [3.8, 4) is 10.4 Å². The average Bonchev–Trinajstić information content (AvgIpc) is 3.26. The van der Waals surface area contributed by atoms with E-state index in [2.05, 4.69) is 44.7 Å². The van der Waals surface area contributed by atoms with Crippen LogP contribution in [0.1, 0.15) is 57.4 Å². The summed E-state index contributed by atoms with van der Waals surface area (Å²) in [5, 5.41) is 7.81. The molecule has 2 saturated heterocycles. The van der Waals surface area contributed by atoms with Crippen LogP contribution in [0.25, 0.3) is 15.9 Å². The predicted octanol–water partition coefficient (Wildman–Crippen LogP) is 4.16. The van der Waals surface area contributed by atoms with E-state index in [1.54, 1.807) is 19.1 Å². The van der Waals surface area contributed by atoms with Crippen LogP contribution in [0.2, 0.25) is 0 Å². The number of halogens is 2. The van der Waals surface area contributed by atoms with Gasteiger partial charge >= 0.3 is 219 Å². The van der Waals surface area contributed by atoms with Crippen LogP contribution in [-0.2, 0) is 14.3 Å². The first kappa shape index (κ1) is 28.6. The number of aromatic nitrogens is 4. The van der Waals surface area contributed by atoms with Crippen LogP contribution < -0.4 is 9.62 Å².